The molecule has 0 saturated carbocycles. The number of azo groups is 1. The summed E-state index contributed by atoms with van der Waals surface area (Å²) in [4.78, 5) is 11.5. The number of phenols is 1. The number of halogens is 1. The van der Waals surface area contributed by atoms with Crippen LogP contribution in [0.2, 0.25) is 0 Å². The molecule has 0 spiro atoms. The number of benzene rings is 3. The predicted octanol–water partition coefficient (Wildman–Crippen LogP) is 6.90. The van der Waals surface area contributed by atoms with Crippen molar-refractivity contribution in [1.29, 1.82) is 0 Å². The summed E-state index contributed by atoms with van der Waals surface area (Å²) >= 11 is 2.26. The van der Waals surface area contributed by atoms with Crippen molar-refractivity contribution in [2.45, 2.75) is 19.8 Å². The van der Waals surface area contributed by atoms with E-state index in [0.717, 1.165) is 14.7 Å². The van der Waals surface area contributed by atoms with Gasteiger partial charge in [0.15, 0.2) is 0 Å². The van der Waals surface area contributed by atoms with Crippen LogP contribution in [-0.2, 0) is 0 Å². The lowest BCUT2D eigenvalue weighted by molar-refractivity contribution is 0.0693. The molecule has 0 saturated heterocycles. The molecule has 0 aliphatic heterocycles. The third-order valence-electron chi connectivity index (χ3n) is 4.29. The Bertz CT molecular complexity index is 1060. The molecule has 6 heteroatoms. The lowest BCUT2D eigenvalue weighted by atomic mass is 9.98. The van der Waals surface area contributed by atoms with Crippen molar-refractivity contribution in [3.63, 3.8) is 0 Å². The molecule has 0 unspecified atom stereocenters. The molecule has 2 N–H and O–H groups in total. The zero-order chi connectivity index (χ0) is 20.3. The van der Waals surface area contributed by atoms with Crippen molar-refractivity contribution < 1.29 is 15.0 Å². The summed E-state index contributed by atoms with van der Waals surface area (Å²) in [6.45, 7) is 3.77. The van der Waals surface area contributed by atoms with Crippen LogP contribution >= 0.6 is 22.6 Å². The first-order chi connectivity index (χ1) is 13.4. The van der Waals surface area contributed by atoms with Crippen molar-refractivity contribution in [1.82, 2.24) is 0 Å². The third kappa shape index (κ3) is 4.39. The fourth-order valence-electron chi connectivity index (χ4n) is 2.87. The van der Waals surface area contributed by atoms with Gasteiger partial charge in [0, 0.05) is 9.13 Å². The van der Waals surface area contributed by atoms with E-state index >= 15 is 0 Å². The minimum Gasteiger partial charge on any atom is -0.507 e. The van der Waals surface area contributed by atoms with Crippen LogP contribution in [0.25, 0.3) is 11.1 Å². The molecule has 0 aliphatic carbocycles. The van der Waals surface area contributed by atoms with Gasteiger partial charge in [0.1, 0.15) is 11.3 Å². The minimum absolute atomic E-state index is 0.0491. The molecule has 5 nitrogen and oxygen atoms in total. The highest BCUT2D eigenvalue weighted by molar-refractivity contribution is 14.1. The number of carbonyl (C=O) groups is 1. The molecule has 0 radical (unpaired) electrons. The zero-order valence-electron chi connectivity index (χ0n) is 15.4. The highest BCUT2D eigenvalue weighted by Crippen LogP contribution is 2.36. The van der Waals surface area contributed by atoms with Crippen molar-refractivity contribution in [2.24, 2.45) is 10.2 Å². The van der Waals surface area contributed by atoms with E-state index in [1.807, 2.05) is 56.3 Å². The minimum atomic E-state index is -1.20. The summed E-state index contributed by atoms with van der Waals surface area (Å²) in [5.74, 6) is -1.47. The second kappa shape index (κ2) is 8.52. The molecule has 28 heavy (non-hydrogen) atoms. The molecule has 3 rings (SSSR count). The maximum absolute atomic E-state index is 11.5. The Morgan fingerprint density at radius 2 is 1.75 bits per heavy atom. The van der Waals surface area contributed by atoms with E-state index in [-0.39, 0.29) is 17.2 Å². The number of aromatic hydroxyl groups is 1. The Balaban J connectivity index is 2.05. The third-order valence-corrected chi connectivity index (χ3v) is 4.96. The van der Waals surface area contributed by atoms with E-state index in [1.54, 1.807) is 6.07 Å². The fraction of sp³-hybridized carbons (Fsp3) is 0.136. The lowest BCUT2D eigenvalue weighted by Crippen LogP contribution is -2.00. The maximum atomic E-state index is 11.5. The highest BCUT2D eigenvalue weighted by Gasteiger charge is 2.17. The maximum Gasteiger partial charge on any atom is 0.339 e. The van der Waals surface area contributed by atoms with Crippen molar-refractivity contribution >= 4 is 39.9 Å². The average Bonchev–Trinajstić information content (AvgIpc) is 2.67. The Kier molecular flexibility index (Phi) is 6.08. The van der Waals surface area contributed by atoms with Gasteiger partial charge in [0.25, 0.3) is 0 Å². The Morgan fingerprint density at radius 3 is 2.43 bits per heavy atom. The number of aromatic carboxylic acids is 1. The van der Waals surface area contributed by atoms with E-state index in [4.69, 9.17) is 0 Å². The smallest absolute Gasteiger partial charge is 0.339 e. The summed E-state index contributed by atoms with van der Waals surface area (Å²) in [5, 5.41) is 28.2. The van der Waals surface area contributed by atoms with E-state index in [0.29, 0.717) is 16.9 Å². The molecular formula is C22H19IN2O3. The molecule has 0 heterocycles. The number of carboxylic acids is 1. The quantitative estimate of drug-likeness (QED) is 0.304. The molecule has 0 atom stereocenters. The number of rotatable bonds is 5. The number of hydrogen-bond donors (Lipinski definition) is 2. The molecule has 0 aliphatic rings. The van der Waals surface area contributed by atoms with E-state index in [2.05, 4.69) is 38.9 Å². The predicted molar refractivity (Wildman–Crippen MR) is 118 cm³/mol. The summed E-state index contributed by atoms with van der Waals surface area (Å²) in [5.41, 5.74) is 3.38. The first-order valence-electron chi connectivity index (χ1n) is 8.73. The molecule has 0 aromatic heterocycles. The summed E-state index contributed by atoms with van der Waals surface area (Å²) in [6.07, 6.45) is 0. The topological polar surface area (TPSA) is 82.2 Å². The van der Waals surface area contributed by atoms with Gasteiger partial charge in [0.2, 0.25) is 0 Å². The van der Waals surface area contributed by atoms with Gasteiger partial charge in [-0.3, -0.25) is 0 Å². The van der Waals surface area contributed by atoms with Gasteiger partial charge < -0.3 is 10.2 Å². The second-order valence-corrected chi connectivity index (χ2v) is 7.86. The van der Waals surface area contributed by atoms with Gasteiger partial charge in [-0.2, -0.15) is 5.11 Å². The van der Waals surface area contributed by atoms with Crippen LogP contribution in [0.4, 0.5) is 11.4 Å². The van der Waals surface area contributed by atoms with Crippen LogP contribution in [0.3, 0.4) is 0 Å². The Morgan fingerprint density at radius 1 is 1.00 bits per heavy atom. The molecule has 0 fully saturated rings. The summed E-state index contributed by atoms with van der Waals surface area (Å²) < 4.78 is 1.12. The van der Waals surface area contributed by atoms with E-state index in [9.17, 15) is 15.0 Å². The van der Waals surface area contributed by atoms with Crippen LogP contribution in [0.1, 0.15) is 35.7 Å². The van der Waals surface area contributed by atoms with Gasteiger partial charge in [0.05, 0.1) is 11.4 Å². The molecule has 3 aromatic rings. The molecule has 0 bridgehead atoms. The van der Waals surface area contributed by atoms with E-state index < -0.39 is 5.97 Å². The fourth-order valence-corrected chi connectivity index (χ4v) is 3.42. The number of nitrogens with zero attached hydrogens (tertiary/aromatic N) is 2. The first kappa shape index (κ1) is 20.0. The monoisotopic (exact) mass is 486 g/mol. The largest absolute Gasteiger partial charge is 0.507 e. The molecule has 142 valence electrons. The first-order valence-corrected chi connectivity index (χ1v) is 9.81. The SMILES string of the molecule is CC(C)c1cc(N=Nc2ccccc2-c2cccc(I)c2)cc(C(=O)O)c1O. The normalized spacial score (nSPS) is 11.3. The van der Waals surface area contributed by atoms with Gasteiger partial charge >= 0.3 is 5.97 Å². The Labute approximate surface area is 176 Å². The van der Waals surface area contributed by atoms with Gasteiger partial charge in [-0.05, 0) is 70.0 Å². The number of hydrogen-bond acceptors (Lipinski definition) is 4. The van der Waals surface area contributed by atoms with E-state index in [1.165, 1.54) is 6.07 Å². The standard InChI is InChI=1S/C22H19IN2O3/c1-13(2)18-11-16(12-19(21(18)26)22(27)28)24-25-20-9-4-3-8-17(20)14-6-5-7-15(23)10-14/h3-13,26H,1-2H3,(H,27,28). The van der Waals surface area contributed by atoms with Gasteiger partial charge in [-0.15, -0.1) is 5.11 Å². The van der Waals surface area contributed by atoms with Crippen molar-refractivity contribution in [3.05, 3.63) is 75.4 Å². The Hall–Kier alpha value is -2.74. The van der Waals surface area contributed by atoms with Crippen molar-refractivity contribution in [2.75, 3.05) is 0 Å². The van der Waals surface area contributed by atoms with Gasteiger partial charge in [-0.1, -0.05) is 44.2 Å². The molecular weight excluding hydrogens is 467 g/mol. The van der Waals surface area contributed by atoms with Gasteiger partial charge in [-0.25, -0.2) is 4.79 Å². The van der Waals surface area contributed by atoms with Crippen molar-refractivity contribution in [3.8, 4) is 16.9 Å². The van der Waals surface area contributed by atoms with Crippen LogP contribution in [0.5, 0.6) is 5.75 Å². The number of carboxylic acid groups (broad SMARTS) is 1. The van der Waals surface area contributed by atoms with Crippen LogP contribution in [0.15, 0.2) is 70.9 Å². The van der Waals surface area contributed by atoms with Crippen LogP contribution in [-0.4, -0.2) is 16.2 Å². The van der Waals surface area contributed by atoms with Crippen LogP contribution in [0, 0.1) is 3.57 Å². The average molecular weight is 486 g/mol. The second-order valence-electron chi connectivity index (χ2n) is 6.62. The zero-order valence-corrected chi connectivity index (χ0v) is 17.6. The van der Waals surface area contributed by atoms with Crippen LogP contribution < -0.4 is 0 Å². The highest BCUT2D eigenvalue weighted by atomic mass is 127. The summed E-state index contributed by atoms with van der Waals surface area (Å²) in [7, 11) is 0. The molecule has 0 amide bonds. The lowest BCUT2D eigenvalue weighted by Gasteiger charge is -2.11. The summed E-state index contributed by atoms with van der Waals surface area (Å²) in [6, 6.07) is 18.7. The molecule has 3 aromatic carbocycles.